The normalized spacial score (nSPS) is 22.4. The maximum Gasteiger partial charge on any atom is 0.226 e. The van der Waals surface area contributed by atoms with Crippen LogP contribution in [-0.2, 0) is 9.59 Å². The third kappa shape index (κ3) is 2.71. The van der Waals surface area contributed by atoms with E-state index < -0.39 is 5.78 Å². The standard InChI is InChI=1S/C15H15NO2S.BrH/c1-9-11(3-5-19-9)13-8-16-4-2-10-6-14(17)15(18)7-12(10)13;/h3,5-7,13,16H,2,4,8H2,1H3;1H. The average Bonchev–Trinajstić information content (AvgIpc) is 2.70. The van der Waals surface area contributed by atoms with Crippen molar-refractivity contribution in [2.24, 2.45) is 0 Å². The van der Waals surface area contributed by atoms with Crippen molar-refractivity contribution < 1.29 is 9.59 Å². The molecule has 2 heterocycles. The van der Waals surface area contributed by atoms with Crippen LogP contribution in [0.15, 0.2) is 34.7 Å². The van der Waals surface area contributed by atoms with Crippen LogP contribution in [0, 0.1) is 6.92 Å². The van der Waals surface area contributed by atoms with Crippen molar-refractivity contribution in [3.05, 3.63) is 45.2 Å². The lowest BCUT2D eigenvalue weighted by Gasteiger charge is -2.21. The van der Waals surface area contributed by atoms with E-state index >= 15 is 0 Å². The summed E-state index contributed by atoms with van der Waals surface area (Å²) in [4.78, 5) is 24.5. The minimum absolute atomic E-state index is 0. The van der Waals surface area contributed by atoms with Gasteiger partial charge in [0.05, 0.1) is 0 Å². The Morgan fingerprint density at radius 2 is 2.00 bits per heavy atom. The highest BCUT2D eigenvalue weighted by molar-refractivity contribution is 8.93. The van der Waals surface area contributed by atoms with Crippen LogP contribution >= 0.6 is 28.3 Å². The lowest BCUT2D eigenvalue weighted by Crippen LogP contribution is -2.22. The summed E-state index contributed by atoms with van der Waals surface area (Å²) in [5.74, 6) is -0.600. The first-order chi connectivity index (χ1) is 9.16. The quantitative estimate of drug-likeness (QED) is 0.623. The van der Waals surface area contributed by atoms with Crippen LogP contribution in [0.4, 0.5) is 0 Å². The first kappa shape index (κ1) is 15.4. The third-order valence-corrected chi connectivity index (χ3v) is 4.64. The molecule has 0 bridgehead atoms. The van der Waals surface area contributed by atoms with Gasteiger partial charge >= 0.3 is 0 Å². The maximum atomic E-state index is 11.7. The molecule has 0 aromatic carbocycles. The fourth-order valence-electron chi connectivity index (χ4n) is 2.77. The minimum atomic E-state index is -0.390. The topological polar surface area (TPSA) is 46.2 Å². The summed E-state index contributed by atoms with van der Waals surface area (Å²) in [6.45, 7) is 3.77. The highest BCUT2D eigenvalue weighted by atomic mass is 79.9. The van der Waals surface area contributed by atoms with Gasteiger partial charge in [-0.25, -0.2) is 0 Å². The van der Waals surface area contributed by atoms with Crippen LogP contribution in [0.5, 0.6) is 0 Å². The number of thiophene rings is 1. The molecule has 106 valence electrons. The molecule has 1 unspecified atom stereocenters. The van der Waals surface area contributed by atoms with Crippen molar-refractivity contribution in [1.29, 1.82) is 0 Å². The molecule has 1 N–H and O–H groups in total. The largest absolute Gasteiger partial charge is 0.315 e. The molecule has 1 aromatic rings. The van der Waals surface area contributed by atoms with Gasteiger partial charge in [0.2, 0.25) is 11.6 Å². The van der Waals surface area contributed by atoms with E-state index in [0.717, 1.165) is 30.7 Å². The van der Waals surface area contributed by atoms with Crippen LogP contribution < -0.4 is 5.32 Å². The Bertz CT molecular complexity index is 615. The lowest BCUT2D eigenvalue weighted by molar-refractivity contribution is -0.131. The number of carbonyl (C=O) groups is 2. The number of aryl methyl sites for hydroxylation is 1. The van der Waals surface area contributed by atoms with Crippen LogP contribution in [0.1, 0.15) is 22.8 Å². The van der Waals surface area contributed by atoms with E-state index in [0.29, 0.717) is 0 Å². The molecule has 0 radical (unpaired) electrons. The minimum Gasteiger partial charge on any atom is -0.315 e. The van der Waals surface area contributed by atoms with Crippen LogP contribution in [0.3, 0.4) is 0 Å². The number of hydrogen-bond donors (Lipinski definition) is 1. The molecule has 5 heteroatoms. The van der Waals surface area contributed by atoms with Gasteiger partial charge in [-0.15, -0.1) is 28.3 Å². The molecular formula is C15H16BrNO2S. The molecule has 3 nitrogen and oxygen atoms in total. The SMILES string of the molecule is Br.Cc1sccc1C1CNCCC2=CC(=O)C(=O)C=C21. The number of carbonyl (C=O) groups excluding carboxylic acids is 2. The number of rotatable bonds is 1. The van der Waals surface area contributed by atoms with E-state index in [1.165, 1.54) is 16.5 Å². The summed E-state index contributed by atoms with van der Waals surface area (Å²) in [7, 11) is 0. The smallest absolute Gasteiger partial charge is 0.226 e. The molecule has 0 spiro atoms. The molecule has 1 fully saturated rings. The van der Waals surface area contributed by atoms with E-state index in [9.17, 15) is 9.59 Å². The molecule has 1 aromatic heterocycles. The Morgan fingerprint density at radius 1 is 1.25 bits per heavy atom. The van der Waals surface area contributed by atoms with Crippen molar-refractivity contribution in [2.45, 2.75) is 19.3 Å². The van der Waals surface area contributed by atoms with E-state index in [2.05, 4.69) is 23.7 Å². The fourth-order valence-corrected chi connectivity index (χ4v) is 3.54. The zero-order valence-corrected chi connectivity index (χ0v) is 13.7. The summed E-state index contributed by atoms with van der Waals surface area (Å²) >= 11 is 1.72. The van der Waals surface area contributed by atoms with Crippen molar-refractivity contribution in [3.8, 4) is 0 Å². The summed E-state index contributed by atoms with van der Waals surface area (Å²) in [5.41, 5.74) is 3.31. The number of hydrogen-bond acceptors (Lipinski definition) is 4. The Hall–Kier alpha value is -1.04. The molecule has 1 aliphatic heterocycles. The van der Waals surface area contributed by atoms with Gasteiger partial charge < -0.3 is 5.32 Å². The van der Waals surface area contributed by atoms with Crippen molar-refractivity contribution in [3.63, 3.8) is 0 Å². The second kappa shape index (κ2) is 6.16. The van der Waals surface area contributed by atoms with Gasteiger partial charge in [0, 0.05) is 17.3 Å². The van der Waals surface area contributed by atoms with Gasteiger partial charge in [-0.2, -0.15) is 0 Å². The summed E-state index contributed by atoms with van der Waals surface area (Å²) < 4.78 is 0. The number of allylic oxidation sites excluding steroid dienone is 2. The lowest BCUT2D eigenvalue weighted by atomic mass is 9.82. The average molecular weight is 354 g/mol. The highest BCUT2D eigenvalue weighted by Gasteiger charge is 2.29. The van der Waals surface area contributed by atoms with Gasteiger partial charge in [-0.3, -0.25) is 9.59 Å². The summed E-state index contributed by atoms with van der Waals surface area (Å²) in [6.07, 6.45) is 3.89. The predicted octanol–water partition coefficient (Wildman–Crippen LogP) is 2.72. The van der Waals surface area contributed by atoms with Crippen LogP contribution in [0.25, 0.3) is 0 Å². The molecule has 0 amide bonds. The second-order valence-corrected chi connectivity index (χ2v) is 6.06. The van der Waals surface area contributed by atoms with Gasteiger partial charge in [0.25, 0.3) is 0 Å². The third-order valence-electron chi connectivity index (χ3n) is 3.77. The first-order valence-corrected chi connectivity index (χ1v) is 7.30. The first-order valence-electron chi connectivity index (χ1n) is 6.42. The van der Waals surface area contributed by atoms with Crippen molar-refractivity contribution in [2.75, 3.05) is 13.1 Å². The van der Waals surface area contributed by atoms with E-state index in [1.807, 2.05) is 0 Å². The maximum absolute atomic E-state index is 11.7. The zero-order valence-electron chi connectivity index (χ0n) is 11.1. The number of halogens is 1. The number of nitrogens with one attached hydrogen (secondary N) is 1. The Kier molecular flexibility index (Phi) is 4.73. The zero-order chi connectivity index (χ0) is 13.4. The Labute approximate surface area is 132 Å². The number of ketones is 2. The predicted molar refractivity (Wildman–Crippen MR) is 85.8 cm³/mol. The Morgan fingerprint density at radius 3 is 2.70 bits per heavy atom. The van der Waals surface area contributed by atoms with Crippen LogP contribution in [0.2, 0.25) is 0 Å². The highest BCUT2D eigenvalue weighted by Crippen LogP contribution is 2.37. The van der Waals surface area contributed by atoms with E-state index in [4.69, 9.17) is 0 Å². The van der Waals surface area contributed by atoms with E-state index in [1.54, 1.807) is 17.4 Å². The second-order valence-electron chi connectivity index (χ2n) is 4.94. The molecular weight excluding hydrogens is 338 g/mol. The van der Waals surface area contributed by atoms with Crippen molar-refractivity contribution in [1.82, 2.24) is 5.32 Å². The molecule has 2 aliphatic rings. The summed E-state index contributed by atoms with van der Waals surface area (Å²) in [5, 5.41) is 5.48. The van der Waals surface area contributed by atoms with Gasteiger partial charge in [-0.05, 0) is 60.2 Å². The fraction of sp³-hybridized carbons (Fsp3) is 0.333. The molecule has 1 saturated heterocycles. The molecule has 0 saturated carbocycles. The van der Waals surface area contributed by atoms with Crippen molar-refractivity contribution >= 4 is 39.9 Å². The van der Waals surface area contributed by atoms with Crippen LogP contribution in [-0.4, -0.2) is 24.7 Å². The van der Waals surface area contributed by atoms with E-state index in [-0.39, 0.29) is 28.7 Å². The Balaban J connectivity index is 0.00000147. The van der Waals surface area contributed by atoms with Gasteiger partial charge in [-0.1, -0.05) is 0 Å². The van der Waals surface area contributed by atoms with Gasteiger partial charge in [0.1, 0.15) is 0 Å². The molecule has 1 aliphatic carbocycles. The summed E-state index contributed by atoms with van der Waals surface area (Å²) in [6, 6.07) is 2.12. The molecule has 3 rings (SSSR count). The molecule has 1 atom stereocenters. The monoisotopic (exact) mass is 353 g/mol. The number of fused-ring (bicyclic) bond motifs is 1. The molecule has 20 heavy (non-hydrogen) atoms. The van der Waals surface area contributed by atoms with Gasteiger partial charge in [0.15, 0.2) is 0 Å².